The number of carbonyl (C=O) groups is 1. The summed E-state index contributed by atoms with van der Waals surface area (Å²) in [4.78, 5) is 29.7. The predicted molar refractivity (Wildman–Crippen MR) is 78.0 cm³/mol. The first kappa shape index (κ1) is 13.6. The van der Waals surface area contributed by atoms with Gasteiger partial charge in [0.1, 0.15) is 5.69 Å². The van der Waals surface area contributed by atoms with Gasteiger partial charge in [-0.15, -0.1) is 5.10 Å². The normalized spacial score (nSPS) is 18.6. The predicted octanol–water partition coefficient (Wildman–Crippen LogP) is 0.685. The molecule has 0 unspecified atom stereocenters. The molecule has 1 saturated heterocycles. The van der Waals surface area contributed by atoms with Crippen molar-refractivity contribution in [2.24, 2.45) is 0 Å². The summed E-state index contributed by atoms with van der Waals surface area (Å²) in [5.74, 6) is 1.000. The number of likely N-dealkylation sites (tertiary alicyclic amines) is 1. The molecule has 2 aliphatic heterocycles. The fourth-order valence-corrected chi connectivity index (χ4v) is 3.86. The van der Waals surface area contributed by atoms with Gasteiger partial charge in [0, 0.05) is 37.5 Å². The first-order chi connectivity index (χ1) is 10.7. The topological polar surface area (TPSA) is 97.0 Å². The molecule has 0 atom stereocenters. The van der Waals surface area contributed by atoms with E-state index in [2.05, 4.69) is 15.2 Å². The van der Waals surface area contributed by atoms with Crippen LogP contribution < -0.4 is 5.76 Å². The van der Waals surface area contributed by atoms with E-state index in [9.17, 15) is 9.59 Å². The second-order valence-electron chi connectivity index (χ2n) is 5.47. The van der Waals surface area contributed by atoms with E-state index < -0.39 is 5.76 Å². The third-order valence-electron chi connectivity index (χ3n) is 4.11. The number of imidazole rings is 1. The van der Waals surface area contributed by atoms with Crippen molar-refractivity contribution < 1.29 is 9.21 Å². The highest BCUT2D eigenvalue weighted by molar-refractivity contribution is 7.99. The van der Waals surface area contributed by atoms with E-state index in [0.29, 0.717) is 24.7 Å². The second kappa shape index (κ2) is 5.31. The number of rotatable bonds is 2. The third kappa shape index (κ3) is 2.35. The number of carbonyl (C=O) groups excluding carboxylic acids is 1. The summed E-state index contributed by atoms with van der Waals surface area (Å²) in [6.45, 7) is 2.16. The van der Waals surface area contributed by atoms with E-state index in [1.165, 1.54) is 0 Å². The summed E-state index contributed by atoms with van der Waals surface area (Å²) in [7, 11) is 0. The second-order valence-corrected chi connectivity index (χ2v) is 6.53. The number of hydrogen-bond donors (Lipinski definition) is 1. The Hall–Kier alpha value is -2.03. The Morgan fingerprint density at radius 1 is 1.36 bits per heavy atom. The van der Waals surface area contributed by atoms with E-state index in [4.69, 9.17) is 4.42 Å². The molecule has 8 nitrogen and oxygen atoms in total. The van der Waals surface area contributed by atoms with Gasteiger partial charge in [0.2, 0.25) is 5.89 Å². The maximum absolute atomic E-state index is 12.5. The zero-order chi connectivity index (χ0) is 15.1. The van der Waals surface area contributed by atoms with Crippen LogP contribution in [0.3, 0.4) is 0 Å². The van der Waals surface area contributed by atoms with Crippen molar-refractivity contribution in [3.05, 3.63) is 28.3 Å². The third-order valence-corrected chi connectivity index (χ3v) is 5.08. The Morgan fingerprint density at radius 2 is 2.18 bits per heavy atom. The summed E-state index contributed by atoms with van der Waals surface area (Å²) < 4.78 is 7.03. The minimum Gasteiger partial charge on any atom is -0.392 e. The molecule has 0 spiro atoms. The van der Waals surface area contributed by atoms with Gasteiger partial charge in [-0.3, -0.25) is 4.79 Å². The van der Waals surface area contributed by atoms with Crippen LogP contribution >= 0.6 is 11.8 Å². The van der Waals surface area contributed by atoms with E-state index >= 15 is 0 Å². The molecular formula is C13H15N5O3S. The van der Waals surface area contributed by atoms with Crippen LogP contribution in [0.1, 0.15) is 35.1 Å². The zero-order valence-electron chi connectivity index (χ0n) is 11.8. The molecule has 22 heavy (non-hydrogen) atoms. The van der Waals surface area contributed by atoms with Crippen LogP contribution in [0.15, 0.2) is 20.6 Å². The Labute approximate surface area is 129 Å². The molecule has 9 heteroatoms. The number of nitrogens with one attached hydrogen (secondary N) is 1. The molecule has 0 saturated carbocycles. The van der Waals surface area contributed by atoms with E-state index in [1.54, 1.807) is 11.8 Å². The summed E-state index contributed by atoms with van der Waals surface area (Å²) in [6, 6.07) is 0. The van der Waals surface area contributed by atoms with Gasteiger partial charge in [-0.05, 0) is 12.8 Å². The van der Waals surface area contributed by atoms with Gasteiger partial charge in [-0.25, -0.2) is 14.9 Å². The smallest absolute Gasteiger partial charge is 0.392 e. The highest BCUT2D eigenvalue weighted by Gasteiger charge is 2.29. The number of aryl methyl sites for hydroxylation is 1. The molecule has 2 aliphatic rings. The van der Waals surface area contributed by atoms with Gasteiger partial charge in [-0.2, -0.15) is 0 Å². The van der Waals surface area contributed by atoms with Crippen LogP contribution in [0.25, 0.3) is 0 Å². The Morgan fingerprint density at radius 3 is 2.86 bits per heavy atom. The lowest BCUT2D eigenvalue weighted by molar-refractivity contribution is 0.0700. The summed E-state index contributed by atoms with van der Waals surface area (Å²) >= 11 is 1.68. The van der Waals surface area contributed by atoms with Crippen molar-refractivity contribution in [2.75, 3.05) is 18.8 Å². The first-order valence-electron chi connectivity index (χ1n) is 7.25. The van der Waals surface area contributed by atoms with Crippen LogP contribution in [0.4, 0.5) is 0 Å². The minimum absolute atomic E-state index is 0.0237. The summed E-state index contributed by atoms with van der Waals surface area (Å²) in [5.41, 5.74) is 0.520. The minimum atomic E-state index is -0.529. The molecular weight excluding hydrogens is 306 g/mol. The molecule has 1 amide bonds. The van der Waals surface area contributed by atoms with Gasteiger partial charge in [0.05, 0.1) is 0 Å². The molecule has 1 N–H and O–H groups in total. The maximum Gasteiger partial charge on any atom is 0.434 e. The molecule has 0 radical (unpaired) electrons. The van der Waals surface area contributed by atoms with E-state index in [0.717, 1.165) is 30.3 Å². The lowest BCUT2D eigenvalue weighted by Gasteiger charge is -2.29. The number of nitrogens with zero attached hydrogens (tertiary/aromatic N) is 4. The quantitative estimate of drug-likeness (QED) is 0.874. The number of piperidine rings is 1. The zero-order valence-corrected chi connectivity index (χ0v) is 12.6. The molecule has 2 aromatic heterocycles. The number of amides is 1. The molecule has 1 fully saturated rings. The van der Waals surface area contributed by atoms with Crippen molar-refractivity contribution in [3.8, 4) is 0 Å². The van der Waals surface area contributed by atoms with Crippen LogP contribution in [-0.2, 0) is 6.54 Å². The lowest BCUT2D eigenvalue weighted by Crippen LogP contribution is -2.38. The lowest BCUT2D eigenvalue weighted by atomic mass is 9.96. The van der Waals surface area contributed by atoms with Crippen LogP contribution in [0.2, 0.25) is 0 Å². The van der Waals surface area contributed by atoms with Crippen molar-refractivity contribution in [2.45, 2.75) is 30.5 Å². The fraction of sp³-hybridized carbons (Fsp3) is 0.538. The summed E-state index contributed by atoms with van der Waals surface area (Å²) in [6.07, 6.45) is 3.32. The summed E-state index contributed by atoms with van der Waals surface area (Å²) in [5, 5.41) is 7.08. The van der Waals surface area contributed by atoms with Crippen LogP contribution in [-0.4, -0.2) is 49.4 Å². The number of aromatic amines is 1. The Balaban J connectivity index is 1.42. The highest BCUT2D eigenvalue weighted by Crippen LogP contribution is 2.28. The molecule has 4 heterocycles. The Bertz CT molecular complexity index is 734. The maximum atomic E-state index is 12.5. The Kier molecular flexibility index (Phi) is 3.29. The van der Waals surface area contributed by atoms with E-state index in [-0.39, 0.29) is 11.8 Å². The molecule has 116 valence electrons. The van der Waals surface area contributed by atoms with E-state index in [1.807, 2.05) is 15.7 Å². The van der Waals surface area contributed by atoms with Gasteiger partial charge >= 0.3 is 5.76 Å². The molecule has 0 bridgehead atoms. The van der Waals surface area contributed by atoms with Gasteiger partial charge in [0.15, 0.2) is 5.16 Å². The SMILES string of the molecule is O=C(c1cn2c(n1)SCC2)N1CCC(c2n[nH]c(=O)o2)CC1. The molecule has 2 aromatic rings. The van der Waals surface area contributed by atoms with Gasteiger partial charge in [0.25, 0.3) is 5.91 Å². The number of fused-ring (bicyclic) bond motifs is 1. The highest BCUT2D eigenvalue weighted by atomic mass is 32.2. The van der Waals surface area contributed by atoms with Crippen molar-refractivity contribution in [3.63, 3.8) is 0 Å². The number of thioether (sulfide) groups is 1. The average molecular weight is 321 g/mol. The molecule has 4 rings (SSSR count). The van der Waals surface area contributed by atoms with Gasteiger partial charge < -0.3 is 13.9 Å². The largest absolute Gasteiger partial charge is 0.434 e. The molecule has 0 aromatic carbocycles. The standard InChI is InChI=1S/C13H15N5O3S/c19-11(9-7-18-5-6-22-12(18)14-9)17-3-1-8(2-4-17)10-15-16-13(20)21-10/h7-8H,1-6H2,(H,16,20). The fourth-order valence-electron chi connectivity index (χ4n) is 2.92. The average Bonchev–Trinajstić information content (AvgIpc) is 3.22. The van der Waals surface area contributed by atoms with Crippen LogP contribution in [0.5, 0.6) is 0 Å². The van der Waals surface area contributed by atoms with Crippen molar-refractivity contribution in [1.29, 1.82) is 0 Å². The van der Waals surface area contributed by atoms with Crippen LogP contribution in [0, 0.1) is 0 Å². The van der Waals surface area contributed by atoms with Gasteiger partial charge in [-0.1, -0.05) is 11.8 Å². The van der Waals surface area contributed by atoms with Crippen molar-refractivity contribution >= 4 is 17.7 Å². The first-order valence-corrected chi connectivity index (χ1v) is 8.24. The number of H-pyrrole nitrogens is 1. The number of hydrogen-bond acceptors (Lipinski definition) is 6. The molecule has 0 aliphatic carbocycles. The monoisotopic (exact) mass is 321 g/mol. The van der Waals surface area contributed by atoms with Crippen molar-refractivity contribution in [1.82, 2.24) is 24.6 Å². The number of aromatic nitrogens is 4.